The average molecular weight is 368 g/mol. The lowest BCUT2D eigenvalue weighted by molar-refractivity contribution is 0.102. The molecule has 4 rings (SSSR count). The van der Waals surface area contributed by atoms with Gasteiger partial charge in [0.1, 0.15) is 5.69 Å². The van der Waals surface area contributed by atoms with Crippen LogP contribution in [0.15, 0.2) is 85.2 Å². The van der Waals surface area contributed by atoms with Crippen LogP contribution in [0.2, 0.25) is 0 Å². The number of aromatic nitrogens is 2. The Bertz CT molecular complexity index is 1090. The van der Waals surface area contributed by atoms with Crippen LogP contribution in [0.1, 0.15) is 29.0 Å². The van der Waals surface area contributed by atoms with Gasteiger partial charge >= 0.3 is 0 Å². The van der Waals surface area contributed by atoms with Gasteiger partial charge in [0.15, 0.2) is 0 Å². The minimum absolute atomic E-state index is 0.143. The van der Waals surface area contributed by atoms with Crippen LogP contribution in [0, 0.1) is 0 Å². The summed E-state index contributed by atoms with van der Waals surface area (Å²) in [6, 6.07) is 23.4. The molecule has 0 radical (unpaired) electrons. The fraction of sp³-hybridized carbons (Fsp3) is 0.0870. The highest BCUT2D eigenvalue weighted by Gasteiger charge is 2.11. The molecule has 0 bridgehead atoms. The van der Waals surface area contributed by atoms with E-state index in [1.54, 1.807) is 18.5 Å². The van der Waals surface area contributed by atoms with E-state index in [0.29, 0.717) is 11.4 Å². The summed E-state index contributed by atoms with van der Waals surface area (Å²) in [4.78, 5) is 21.3. The summed E-state index contributed by atoms with van der Waals surface area (Å²) in [6.07, 6.45) is 3.39. The van der Waals surface area contributed by atoms with Gasteiger partial charge in [0, 0.05) is 17.6 Å². The zero-order chi connectivity index (χ0) is 19.3. The Morgan fingerprint density at radius 2 is 1.71 bits per heavy atom. The fourth-order valence-corrected chi connectivity index (χ4v) is 3.08. The first-order chi connectivity index (χ1) is 13.7. The second-order valence-corrected chi connectivity index (χ2v) is 6.54. The number of amides is 1. The van der Waals surface area contributed by atoms with Crippen LogP contribution < -0.4 is 10.6 Å². The fourth-order valence-electron chi connectivity index (χ4n) is 3.08. The van der Waals surface area contributed by atoms with E-state index in [1.807, 2.05) is 54.6 Å². The molecule has 0 aliphatic carbocycles. The van der Waals surface area contributed by atoms with Gasteiger partial charge in [-0.15, -0.1) is 0 Å². The van der Waals surface area contributed by atoms with Gasteiger partial charge in [-0.05, 0) is 36.8 Å². The molecule has 2 aromatic carbocycles. The van der Waals surface area contributed by atoms with Crippen molar-refractivity contribution in [2.45, 2.75) is 13.0 Å². The number of fused-ring (bicyclic) bond motifs is 1. The average Bonchev–Trinajstić information content (AvgIpc) is 2.75. The molecule has 1 unspecified atom stereocenters. The van der Waals surface area contributed by atoms with Crippen LogP contribution >= 0.6 is 0 Å². The Hall–Kier alpha value is -3.73. The largest absolute Gasteiger partial charge is 0.377 e. The van der Waals surface area contributed by atoms with Crippen LogP contribution in [0.5, 0.6) is 0 Å². The van der Waals surface area contributed by atoms with E-state index in [0.717, 1.165) is 16.6 Å². The zero-order valence-electron chi connectivity index (χ0n) is 15.5. The van der Waals surface area contributed by atoms with Gasteiger partial charge in [0.05, 0.1) is 23.1 Å². The molecule has 5 heteroatoms. The summed E-state index contributed by atoms with van der Waals surface area (Å²) in [5.74, 6) is -0.263. The van der Waals surface area contributed by atoms with Gasteiger partial charge in [-0.3, -0.25) is 9.78 Å². The third kappa shape index (κ3) is 3.83. The Morgan fingerprint density at radius 1 is 0.893 bits per heavy atom. The first kappa shape index (κ1) is 17.7. The molecule has 0 aliphatic rings. The normalized spacial score (nSPS) is 11.8. The number of carbonyl (C=O) groups excluding carboxylic acids is 1. The molecule has 2 aromatic heterocycles. The van der Waals surface area contributed by atoms with Gasteiger partial charge in [-0.25, -0.2) is 4.98 Å². The lowest BCUT2D eigenvalue weighted by Gasteiger charge is -2.15. The van der Waals surface area contributed by atoms with E-state index in [4.69, 9.17) is 0 Å². The van der Waals surface area contributed by atoms with Gasteiger partial charge in [-0.2, -0.15) is 0 Å². The van der Waals surface area contributed by atoms with Crippen molar-refractivity contribution >= 4 is 28.2 Å². The number of pyridine rings is 2. The highest BCUT2D eigenvalue weighted by atomic mass is 16.1. The number of rotatable bonds is 5. The minimum Gasteiger partial charge on any atom is -0.377 e. The van der Waals surface area contributed by atoms with E-state index in [2.05, 4.69) is 39.7 Å². The highest BCUT2D eigenvalue weighted by molar-refractivity contribution is 6.07. The van der Waals surface area contributed by atoms with Crippen LogP contribution in [0.4, 0.5) is 11.4 Å². The lowest BCUT2D eigenvalue weighted by atomic mass is 10.1. The summed E-state index contributed by atoms with van der Waals surface area (Å²) >= 11 is 0. The monoisotopic (exact) mass is 368 g/mol. The number of para-hydroxylation sites is 1. The number of benzene rings is 2. The molecule has 0 saturated carbocycles. The maximum Gasteiger partial charge on any atom is 0.274 e. The summed E-state index contributed by atoms with van der Waals surface area (Å²) in [7, 11) is 0. The first-order valence-corrected chi connectivity index (χ1v) is 9.13. The summed E-state index contributed by atoms with van der Waals surface area (Å²) in [6.45, 7) is 2.09. The van der Waals surface area contributed by atoms with Crippen LogP contribution in [0.3, 0.4) is 0 Å². The molecule has 0 aliphatic heterocycles. The van der Waals surface area contributed by atoms with E-state index >= 15 is 0 Å². The van der Waals surface area contributed by atoms with Crippen molar-refractivity contribution in [3.05, 3.63) is 96.4 Å². The van der Waals surface area contributed by atoms with Gasteiger partial charge < -0.3 is 10.6 Å². The van der Waals surface area contributed by atoms with E-state index in [1.165, 1.54) is 5.56 Å². The van der Waals surface area contributed by atoms with Crippen molar-refractivity contribution in [1.29, 1.82) is 0 Å². The van der Waals surface area contributed by atoms with Crippen molar-refractivity contribution in [2.75, 3.05) is 10.6 Å². The Morgan fingerprint density at radius 3 is 2.50 bits per heavy atom. The maximum absolute atomic E-state index is 12.6. The van der Waals surface area contributed by atoms with Crippen molar-refractivity contribution < 1.29 is 4.79 Å². The summed E-state index contributed by atoms with van der Waals surface area (Å²) in [5, 5.41) is 7.27. The van der Waals surface area contributed by atoms with E-state index < -0.39 is 0 Å². The lowest BCUT2D eigenvalue weighted by Crippen LogP contribution is -2.14. The topological polar surface area (TPSA) is 66.9 Å². The summed E-state index contributed by atoms with van der Waals surface area (Å²) < 4.78 is 0. The number of nitrogens with one attached hydrogen (secondary N) is 2. The Kier molecular flexibility index (Phi) is 4.97. The maximum atomic E-state index is 12.6. The number of hydrogen-bond acceptors (Lipinski definition) is 4. The second-order valence-electron chi connectivity index (χ2n) is 6.54. The molecule has 1 atom stereocenters. The molecule has 2 heterocycles. The molecule has 2 N–H and O–H groups in total. The van der Waals surface area contributed by atoms with Crippen LogP contribution in [-0.2, 0) is 0 Å². The summed E-state index contributed by atoms with van der Waals surface area (Å²) in [5.41, 5.74) is 3.83. The van der Waals surface area contributed by atoms with Gasteiger partial charge in [0.2, 0.25) is 0 Å². The van der Waals surface area contributed by atoms with Crippen molar-refractivity contribution in [2.24, 2.45) is 0 Å². The third-order valence-corrected chi connectivity index (χ3v) is 4.56. The number of nitrogens with zero attached hydrogens (tertiary/aromatic N) is 2. The Balaban J connectivity index is 1.47. The third-order valence-electron chi connectivity index (χ3n) is 4.56. The number of hydrogen-bond donors (Lipinski definition) is 2. The molecule has 1 amide bonds. The number of anilines is 2. The van der Waals surface area contributed by atoms with Crippen molar-refractivity contribution in [3.63, 3.8) is 0 Å². The second kappa shape index (κ2) is 7.88. The number of carbonyl (C=O) groups is 1. The molecule has 5 nitrogen and oxygen atoms in total. The standard InChI is InChI=1S/C23H20N4O/c1-16(17-7-3-2-4-8-17)26-19-12-13-21(25-15-19)23(28)27-20-11-5-9-18-10-6-14-24-22(18)20/h2-16,26H,1H3,(H,27,28). The van der Waals surface area contributed by atoms with Crippen LogP contribution in [0.25, 0.3) is 10.9 Å². The first-order valence-electron chi connectivity index (χ1n) is 9.13. The van der Waals surface area contributed by atoms with Gasteiger partial charge in [-0.1, -0.05) is 48.5 Å². The van der Waals surface area contributed by atoms with E-state index in [9.17, 15) is 4.79 Å². The molecular formula is C23H20N4O. The quantitative estimate of drug-likeness (QED) is 0.517. The highest BCUT2D eigenvalue weighted by Crippen LogP contribution is 2.22. The van der Waals surface area contributed by atoms with E-state index in [-0.39, 0.29) is 11.9 Å². The molecule has 0 spiro atoms. The minimum atomic E-state index is -0.263. The molecular weight excluding hydrogens is 348 g/mol. The SMILES string of the molecule is CC(Nc1ccc(C(=O)Nc2cccc3cccnc23)nc1)c1ccccc1. The molecule has 0 saturated heterocycles. The van der Waals surface area contributed by atoms with Crippen molar-refractivity contribution in [3.8, 4) is 0 Å². The molecule has 4 aromatic rings. The zero-order valence-corrected chi connectivity index (χ0v) is 15.5. The predicted octanol–water partition coefficient (Wildman–Crippen LogP) is 5.06. The van der Waals surface area contributed by atoms with Crippen molar-refractivity contribution in [1.82, 2.24) is 9.97 Å². The molecule has 28 heavy (non-hydrogen) atoms. The van der Waals surface area contributed by atoms with Gasteiger partial charge in [0.25, 0.3) is 5.91 Å². The molecule has 138 valence electrons. The Labute approximate surface area is 163 Å². The smallest absolute Gasteiger partial charge is 0.274 e. The van der Waals surface area contributed by atoms with Crippen LogP contribution in [-0.4, -0.2) is 15.9 Å². The predicted molar refractivity (Wildman–Crippen MR) is 112 cm³/mol. The molecule has 0 fully saturated rings.